The molecule has 1 unspecified atom stereocenters. The van der Waals surface area contributed by atoms with Gasteiger partial charge in [-0.05, 0) is 24.6 Å². The molecular formula is C12H16BrNO2. The molecular weight excluding hydrogens is 270 g/mol. The number of halogens is 1. The third-order valence-electron chi connectivity index (χ3n) is 2.72. The largest absolute Gasteiger partial charge is 0.492 e. The highest BCUT2D eigenvalue weighted by molar-refractivity contribution is 9.10. The van der Waals surface area contributed by atoms with Gasteiger partial charge in [-0.3, -0.25) is 4.90 Å². The maximum atomic E-state index is 9.36. The van der Waals surface area contributed by atoms with Crippen LogP contribution in [0.5, 0.6) is 5.75 Å². The number of nitrogens with zero attached hydrogens (tertiary/aromatic N) is 1. The van der Waals surface area contributed by atoms with Crippen molar-refractivity contribution in [3.63, 3.8) is 0 Å². The van der Waals surface area contributed by atoms with Gasteiger partial charge in [0.15, 0.2) is 0 Å². The predicted molar refractivity (Wildman–Crippen MR) is 66.7 cm³/mol. The molecule has 1 saturated heterocycles. The number of benzene rings is 1. The maximum absolute atomic E-state index is 9.36. The van der Waals surface area contributed by atoms with Gasteiger partial charge in [0.1, 0.15) is 12.4 Å². The van der Waals surface area contributed by atoms with Gasteiger partial charge in [-0.1, -0.05) is 22.0 Å². The van der Waals surface area contributed by atoms with Crippen LogP contribution < -0.4 is 4.74 Å². The zero-order chi connectivity index (χ0) is 11.4. The summed E-state index contributed by atoms with van der Waals surface area (Å²) in [4.78, 5) is 2.22. The molecule has 1 N–H and O–H groups in total. The number of aliphatic hydroxyl groups is 1. The second-order valence-corrected chi connectivity index (χ2v) is 4.96. The summed E-state index contributed by atoms with van der Waals surface area (Å²) in [5, 5.41) is 9.36. The van der Waals surface area contributed by atoms with Crippen LogP contribution in [0.3, 0.4) is 0 Å². The van der Waals surface area contributed by atoms with Crippen molar-refractivity contribution in [2.75, 3.05) is 26.2 Å². The Hall–Kier alpha value is -0.580. The Morgan fingerprint density at radius 2 is 2.38 bits per heavy atom. The van der Waals surface area contributed by atoms with E-state index in [0.717, 1.165) is 36.3 Å². The van der Waals surface area contributed by atoms with E-state index in [-0.39, 0.29) is 6.10 Å². The molecule has 1 aliphatic rings. The first kappa shape index (κ1) is 11.9. The van der Waals surface area contributed by atoms with E-state index in [9.17, 15) is 5.11 Å². The highest BCUT2D eigenvalue weighted by Gasteiger charge is 2.19. The van der Waals surface area contributed by atoms with Crippen molar-refractivity contribution in [1.29, 1.82) is 0 Å². The van der Waals surface area contributed by atoms with Gasteiger partial charge in [0, 0.05) is 24.1 Å². The zero-order valence-electron chi connectivity index (χ0n) is 9.10. The lowest BCUT2D eigenvalue weighted by Crippen LogP contribution is -2.27. The normalized spacial score (nSPS) is 21.2. The minimum atomic E-state index is -0.147. The van der Waals surface area contributed by atoms with Gasteiger partial charge in [-0.25, -0.2) is 0 Å². The summed E-state index contributed by atoms with van der Waals surface area (Å²) in [6, 6.07) is 7.84. The molecule has 1 heterocycles. The maximum Gasteiger partial charge on any atom is 0.120 e. The minimum absolute atomic E-state index is 0.147. The van der Waals surface area contributed by atoms with Gasteiger partial charge in [-0.15, -0.1) is 0 Å². The lowest BCUT2D eigenvalue weighted by atomic mass is 10.3. The SMILES string of the molecule is OC1CCN(CCOc2cccc(Br)c2)C1. The second kappa shape index (κ2) is 5.66. The smallest absolute Gasteiger partial charge is 0.120 e. The Balaban J connectivity index is 1.72. The highest BCUT2D eigenvalue weighted by atomic mass is 79.9. The quantitative estimate of drug-likeness (QED) is 0.917. The first-order chi connectivity index (χ1) is 7.74. The Bertz CT molecular complexity index is 346. The number of β-amino-alcohol motifs (C(OH)–C–C–N with tert-alkyl or cyclic N) is 1. The van der Waals surface area contributed by atoms with Crippen LogP contribution in [0.15, 0.2) is 28.7 Å². The molecule has 16 heavy (non-hydrogen) atoms. The van der Waals surface area contributed by atoms with Crippen molar-refractivity contribution in [3.05, 3.63) is 28.7 Å². The van der Waals surface area contributed by atoms with Crippen molar-refractivity contribution < 1.29 is 9.84 Å². The van der Waals surface area contributed by atoms with E-state index >= 15 is 0 Å². The number of rotatable bonds is 4. The van der Waals surface area contributed by atoms with E-state index in [1.165, 1.54) is 0 Å². The number of hydrogen-bond donors (Lipinski definition) is 1. The van der Waals surface area contributed by atoms with Crippen molar-refractivity contribution in [1.82, 2.24) is 4.90 Å². The molecule has 0 aliphatic carbocycles. The average Bonchev–Trinajstić information content (AvgIpc) is 2.64. The fourth-order valence-electron chi connectivity index (χ4n) is 1.86. The van der Waals surface area contributed by atoms with E-state index in [4.69, 9.17) is 4.74 Å². The monoisotopic (exact) mass is 285 g/mol. The Morgan fingerprint density at radius 1 is 1.50 bits per heavy atom. The first-order valence-corrected chi connectivity index (χ1v) is 6.32. The molecule has 1 aromatic rings. The third-order valence-corrected chi connectivity index (χ3v) is 3.21. The summed E-state index contributed by atoms with van der Waals surface area (Å²) >= 11 is 3.40. The van der Waals surface area contributed by atoms with E-state index in [0.29, 0.717) is 6.61 Å². The lowest BCUT2D eigenvalue weighted by Gasteiger charge is -2.15. The molecule has 3 nitrogen and oxygen atoms in total. The number of hydrogen-bond acceptors (Lipinski definition) is 3. The molecule has 88 valence electrons. The first-order valence-electron chi connectivity index (χ1n) is 5.53. The Kier molecular flexibility index (Phi) is 4.21. The van der Waals surface area contributed by atoms with Crippen LogP contribution in [0.4, 0.5) is 0 Å². The average molecular weight is 286 g/mol. The molecule has 1 aromatic carbocycles. The number of ether oxygens (including phenoxy) is 1. The predicted octanol–water partition coefficient (Wildman–Crippen LogP) is 1.89. The number of likely N-dealkylation sites (tertiary alicyclic amines) is 1. The van der Waals surface area contributed by atoms with Crippen LogP contribution in [0.2, 0.25) is 0 Å². The molecule has 1 atom stereocenters. The van der Waals surface area contributed by atoms with Crippen molar-refractivity contribution in [2.45, 2.75) is 12.5 Å². The molecule has 0 saturated carbocycles. The van der Waals surface area contributed by atoms with Crippen LogP contribution in [-0.2, 0) is 0 Å². The summed E-state index contributed by atoms with van der Waals surface area (Å²) in [5.41, 5.74) is 0. The second-order valence-electron chi connectivity index (χ2n) is 4.05. The molecule has 4 heteroatoms. The summed E-state index contributed by atoms with van der Waals surface area (Å²) < 4.78 is 6.66. The molecule has 1 fully saturated rings. The summed E-state index contributed by atoms with van der Waals surface area (Å²) in [6.45, 7) is 3.30. The molecule has 0 amide bonds. The van der Waals surface area contributed by atoms with Gasteiger partial charge in [0.05, 0.1) is 6.10 Å². The Labute approximate surface area is 104 Å². The molecule has 1 aliphatic heterocycles. The van der Waals surface area contributed by atoms with Crippen LogP contribution in [0, 0.1) is 0 Å². The van der Waals surface area contributed by atoms with Crippen LogP contribution in [0.1, 0.15) is 6.42 Å². The van der Waals surface area contributed by atoms with Crippen LogP contribution in [-0.4, -0.2) is 42.4 Å². The molecule has 0 bridgehead atoms. The zero-order valence-corrected chi connectivity index (χ0v) is 10.7. The van der Waals surface area contributed by atoms with Gasteiger partial charge in [-0.2, -0.15) is 0 Å². The van der Waals surface area contributed by atoms with E-state index < -0.39 is 0 Å². The number of aliphatic hydroxyl groups excluding tert-OH is 1. The molecule has 2 rings (SSSR count). The minimum Gasteiger partial charge on any atom is -0.492 e. The van der Waals surface area contributed by atoms with Gasteiger partial charge < -0.3 is 9.84 Å². The van der Waals surface area contributed by atoms with Crippen molar-refractivity contribution >= 4 is 15.9 Å². The van der Waals surface area contributed by atoms with E-state index in [1.807, 2.05) is 24.3 Å². The van der Waals surface area contributed by atoms with Crippen molar-refractivity contribution in [3.8, 4) is 5.75 Å². The van der Waals surface area contributed by atoms with Gasteiger partial charge >= 0.3 is 0 Å². The fraction of sp³-hybridized carbons (Fsp3) is 0.500. The molecule has 0 aromatic heterocycles. The highest BCUT2D eigenvalue weighted by Crippen LogP contribution is 2.17. The summed E-state index contributed by atoms with van der Waals surface area (Å²) in [7, 11) is 0. The summed E-state index contributed by atoms with van der Waals surface area (Å²) in [5.74, 6) is 0.883. The topological polar surface area (TPSA) is 32.7 Å². The van der Waals surface area contributed by atoms with E-state index in [1.54, 1.807) is 0 Å². The standard InChI is InChI=1S/C12H16BrNO2/c13-10-2-1-3-12(8-10)16-7-6-14-5-4-11(15)9-14/h1-3,8,11,15H,4-7,9H2. The Morgan fingerprint density at radius 3 is 3.06 bits per heavy atom. The fourth-order valence-corrected chi connectivity index (χ4v) is 2.24. The van der Waals surface area contributed by atoms with Crippen LogP contribution >= 0.6 is 15.9 Å². The third kappa shape index (κ3) is 3.47. The van der Waals surface area contributed by atoms with Gasteiger partial charge in [0.25, 0.3) is 0 Å². The van der Waals surface area contributed by atoms with Crippen molar-refractivity contribution in [2.24, 2.45) is 0 Å². The van der Waals surface area contributed by atoms with Crippen LogP contribution in [0.25, 0.3) is 0 Å². The summed E-state index contributed by atoms with van der Waals surface area (Å²) in [6.07, 6.45) is 0.738. The van der Waals surface area contributed by atoms with Gasteiger partial charge in [0.2, 0.25) is 0 Å². The lowest BCUT2D eigenvalue weighted by molar-refractivity contribution is 0.167. The molecule has 0 radical (unpaired) electrons. The molecule has 0 spiro atoms. The van der Waals surface area contributed by atoms with E-state index in [2.05, 4.69) is 20.8 Å².